The third-order valence-electron chi connectivity index (χ3n) is 3.72. The van der Waals surface area contributed by atoms with Crippen LogP contribution < -0.4 is 0 Å². The van der Waals surface area contributed by atoms with Gasteiger partial charge in [0.15, 0.2) is 0 Å². The second-order valence-corrected chi connectivity index (χ2v) is 5.19. The van der Waals surface area contributed by atoms with E-state index in [0.29, 0.717) is 17.6 Å². The maximum atomic E-state index is 11.7. The molecule has 0 heterocycles. The van der Waals surface area contributed by atoms with Crippen LogP contribution in [0.4, 0.5) is 0 Å². The van der Waals surface area contributed by atoms with Crippen LogP contribution in [-0.2, 0) is 4.79 Å². The summed E-state index contributed by atoms with van der Waals surface area (Å²) < 4.78 is 0. The van der Waals surface area contributed by atoms with Crippen LogP contribution in [0.1, 0.15) is 38.5 Å². The zero-order valence-corrected chi connectivity index (χ0v) is 9.55. The van der Waals surface area contributed by atoms with Gasteiger partial charge in [0.25, 0.3) is 0 Å². The lowest BCUT2D eigenvalue weighted by molar-refractivity contribution is -0.146. The molecular formula is C11H17BrO. The summed E-state index contributed by atoms with van der Waals surface area (Å²) in [4.78, 5) is 11.7. The van der Waals surface area contributed by atoms with Gasteiger partial charge in [-0.2, -0.15) is 0 Å². The van der Waals surface area contributed by atoms with Crippen LogP contribution in [0.25, 0.3) is 0 Å². The van der Waals surface area contributed by atoms with E-state index in [1.807, 2.05) is 0 Å². The number of hydrogen-bond donors (Lipinski definition) is 0. The van der Waals surface area contributed by atoms with Gasteiger partial charge >= 0.3 is 0 Å². The lowest BCUT2D eigenvalue weighted by Gasteiger charge is -2.46. The molecule has 0 amide bonds. The summed E-state index contributed by atoms with van der Waals surface area (Å²) in [6.45, 7) is 0. The highest BCUT2D eigenvalue weighted by Gasteiger charge is 2.48. The average Bonchev–Trinajstić information content (AvgIpc) is 2.18. The fourth-order valence-electron chi connectivity index (χ4n) is 3.02. The van der Waals surface area contributed by atoms with Crippen molar-refractivity contribution in [3.8, 4) is 0 Å². The van der Waals surface area contributed by atoms with Crippen molar-refractivity contribution < 1.29 is 4.79 Å². The van der Waals surface area contributed by atoms with Gasteiger partial charge in [-0.25, -0.2) is 0 Å². The Bertz CT molecular complexity index is 202. The molecule has 2 aliphatic rings. The van der Waals surface area contributed by atoms with E-state index in [9.17, 15) is 4.79 Å². The fourth-order valence-corrected chi connectivity index (χ4v) is 3.34. The van der Waals surface area contributed by atoms with E-state index >= 15 is 0 Å². The molecule has 0 aromatic heterocycles. The van der Waals surface area contributed by atoms with E-state index in [4.69, 9.17) is 0 Å². The number of Topliss-reactive ketones (excluding diaryl/α,β-unsaturated/α-hetero) is 1. The first-order chi connectivity index (χ1) is 6.34. The maximum Gasteiger partial charge on any atom is 0.139 e. The summed E-state index contributed by atoms with van der Waals surface area (Å²) >= 11 is 3.43. The summed E-state index contributed by atoms with van der Waals surface area (Å²) in [5.74, 6) is 2.29. The highest BCUT2D eigenvalue weighted by molar-refractivity contribution is 9.09. The molecule has 0 bridgehead atoms. The molecule has 2 rings (SSSR count). The van der Waals surface area contributed by atoms with Gasteiger partial charge in [0.05, 0.1) is 0 Å². The number of carbonyl (C=O) groups is 1. The highest BCUT2D eigenvalue weighted by atomic mass is 79.9. The predicted octanol–water partition coefficient (Wildman–Crippen LogP) is 3.17. The quantitative estimate of drug-likeness (QED) is 0.698. The van der Waals surface area contributed by atoms with Crippen molar-refractivity contribution in [2.45, 2.75) is 38.5 Å². The molecular weight excluding hydrogens is 228 g/mol. The summed E-state index contributed by atoms with van der Waals surface area (Å²) in [5, 5.41) is 1.05. The standard InChI is InChI=1S/C11H17BrO/c12-7-3-6-10-8-4-1-2-5-9(8)11(10)13/h8-10H,1-7H2/t8-,9+,10-/m0/s1. The smallest absolute Gasteiger partial charge is 0.139 e. The van der Waals surface area contributed by atoms with Crippen molar-refractivity contribution in [1.82, 2.24) is 0 Å². The van der Waals surface area contributed by atoms with Gasteiger partial charge in [-0.15, -0.1) is 0 Å². The second kappa shape index (κ2) is 4.12. The van der Waals surface area contributed by atoms with Gasteiger partial charge in [0.2, 0.25) is 0 Å². The molecule has 13 heavy (non-hydrogen) atoms. The fraction of sp³-hybridized carbons (Fsp3) is 0.909. The molecule has 0 aromatic rings. The Balaban J connectivity index is 1.87. The first-order valence-corrected chi connectivity index (χ1v) is 6.56. The van der Waals surface area contributed by atoms with E-state index in [1.54, 1.807) is 0 Å². The number of rotatable bonds is 3. The molecule has 74 valence electrons. The minimum absolute atomic E-state index is 0.447. The SMILES string of the molecule is O=C1[C@@H](CCCBr)[C@H]2CCCC[C@@H]12. The van der Waals surface area contributed by atoms with E-state index in [1.165, 1.54) is 32.1 Å². The number of alkyl halides is 1. The lowest BCUT2D eigenvalue weighted by Crippen LogP contribution is -2.49. The first-order valence-electron chi connectivity index (χ1n) is 5.44. The van der Waals surface area contributed by atoms with Crippen LogP contribution >= 0.6 is 15.9 Å². The van der Waals surface area contributed by atoms with Gasteiger partial charge in [-0.1, -0.05) is 28.8 Å². The van der Waals surface area contributed by atoms with Crippen molar-refractivity contribution in [3.05, 3.63) is 0 Å². The lowest BCUT2D eigenvalue weighted by atomic mass is 9.56. The van der Waals surface area contributed by atoms with Crippen LogP contribution in [0.3, 0.4) is 0 Å². The average molecular weight is 245 g/mol. The summed E-state index contributed by atoms with van der Waals surface area (Å²) in [7, 11) is 0. The number of ketones is 1. The Morgan fingerprint density at radius 1 is 1.31 bits per heavy atom. The molecule has 0 aromatic carbocycles. The van der Waals surface area contributed by atoms with Crippen LogP contribution in [0.2, 0.25) is 0 Å². The van der Waals surface area contributed by atoms with Crippen LogP contribution in [-0.4, -0.2) is 11.1 Å². The molecule has 0 aliphatic heterocycles. The summed E-state index contributed by atoms with van der Waals surface area (Å²) in [5.41, 5.74) is 0. The van der Waals surface area contributed by atoms with E-state index < -0.39 is 0 Å². The minimum atomic E-state index is 0.447. The van der Waals surface area contributed by atoms with Gasteiger partial charge < -0.3 is 0 Å². The minimum Gasteiger partial charge on any atom is -0.299 e. The van der Waals surface area contributed by atoms with Gasteiger partial charge in [0.1, 0.15) is 5.78 Å². The molecule has 0 saturated heterocycles. The summed E-state index contributed by atoms with van der Waals surface area (Å²) in [6.07, 6.45) is 7.46. The molecule has 2 saturated carbocycles. The molecule has 0 radical (unpaired) electrons. The molecule has 1 nitrogen and oxygen atoms in total. The zero-order chi connectivity index (χ0) is 9.26. The molecule has 3 atom stereocenters. The number of hydrogen-bond acceptors (Lipinski definition) is 1. The normalized spacial score (nSPS) is 38.2. The largest absolute Gasteiger partial charge is 0.299 e. The van der Waals surface area contributed by atoms with Crippen LogP contribution in [0.15, 0.2) is 0 Å². The van der Waals surface area contributed by atoms with Crippen molar-refractivity contribution in [1.29, 1.82) is 0 Å². The van der Waals surface area contributed by atoms with Crippen molar-refractivity contribution >= 4 is 21.7 Å². The van der Waals surface area contributed by atoms with Crippen molar-refractivity contribution in [3.63, 3.8) is 0 Å². The highest BCUT2D eigenvalue weighted by Crippen LogP contribution is 2.48. The molecule has 0 N–H and O–H groups in total. The zero-order valence-electron chi connectivity index (χ0n) is 7.97. The molecule has 2 aliphatic carbocycles. The van der Waals surface area contributed by atoms with Crippen LogP contribution in [0.5, 0.6) is 0 Å². The van der Waals surface area contributed by atoms with Gasteiger partial charge in [-0.05, 0) is 31.6 Å². The summed E-state index contributed by atoms with van der Waals surface area (Å²) in [6, 6.07) is 0. The molecule has 2 heteroatoms. The van der Waals surface area contributed by atoms with Crippen molar-refractivity contribution in [2.75, 3.05) is 5.33 Å². The van der Waals surface area contributed by atoms with Gasteiger partial charge in [-0.3, -0.25) is 4.79 Å². The van der Waals surface area contributed by atoms with E-state index in [2.05, 4.69) is 15.9 Å². The maximum absolute atomic E-state index is 11.7. The number of carbonyl (C=O) groups excluding carboxylic acids is 1. The Kier molecular flexibility index (Phi) is 3.07. The Hall–Kier alpha value is 0.150. The number of halogens is 1. The van der Waals surface area contributed by atoms with E-state index in [-0.39, 0.29) is 0 Å². The van der Waals surface area contributed by atoms with Crippen molar-refractivity contribution in [2.24, 2.45) is 17.8 Å². The molecule has 2 fully saturated rings. The third kappa shape index (κ3) is 1.70. The number of fused-ring (bicyclic) bond motifs is 1. The first kappa shape index (κ1) is 9.70. The van der Waals surface area contributed by atoms with E-state index in [0.717, 1.165) is 17.7 Å². The topological polar surface area (TPSA) is 17.1 Å². The predicted molar refractivity (Wildman–Crippen MR) is 57.0 cm³/mol. The van der Waals surface area contributed by atoms with Gasteiger partial charge in [0, 0.05) is 17.2 Å². The Morgan fingerprint density at radius 3 is 2.85 bits per heavy atom. The molecule has 0 unspecified atom stereocenters. The Morgan fingerprint density at radius 2 is 2.08 bits per heavy atom. The van der Waals surface area contributed by atoms with Crippen LogP contribution in [0, 0.1) is 17.8 Å². The molecule has 0 spiro atoms. The Labute approximate surface area is 88.4 Å². The third-order valence-corrected chi connectivity index (χ3v) is 4.28. The monoisotopic (exact) mass is 244 g/mol. The second-order valence-electron chi connectivity index (χ2n) is 4.39.